The number of aliphatic hydroxyl groups is 2. The van der Waals surface area contributed by atoms with E-state index in [2.05, 4.69) is 92.9 Å². The third-order valence-electron chi connectivity index (χ3n) is 12.1. The van der Waals surface area contributed by atoms with Crippen molar-refractivity contribution in [2.75, 3.05) is 6.61 Å². The quantitative estimate of drug-likeness (QED) is 0.0245. The van der Waals surface area contributed by atoms with Crippen molar-refractivity contribution in [3.63, 3.8) is 0 Å². The molecule has 0 saturated carbocycles. The molecule has 0 aliphatic heterocycles. The number of carbonyl (C=O) groups is 2. The lowest BCUT2D eigenvalue weighted by atomic mass is 10.0. The second-order valence-corrected chi connectivity index (χ2v) is 18.3. The van der Waals surface area contributed by atoms with Gasteiger partial charge in [-0.05, 0) is 77.0 Å². The van der Waals surface area contributed by atoms with E-state index in [0.29, 0.717) is 19.3 Å². The number of carbonyl (C=O) groups excluding carboxylic acids is 2. The predicted molar refractivity (Wildman–Crippen MR) is 278 cm³/mol. The summed E-state index contributed by atoms with van der Waals surface area (Å²) in [6, 6.07) is -0.719. The Morgan fingerprint density at radius 2 is 0.906 bits per heavy atom. The van der Waals surface area contributed by atoms with Crippen molar-refractivity contribution in [1.82, 2.24) is 5.32 Å². The number of nitrogens with one attached hydrogen (secondary N) is 1. The van der Waals surface area contributed by atoms with Crippen LogP contribution in [0.1, 0.15) is 258 Å². The lowest BCUT2D eigenvalue weighted by Crippen LogP contribution is -2.46. The van der Waals surface area contributed by atoms with E-state index in [1.165, 1.54) is 122 Å². The van der Waals surface area contributed by atoms with Crippen LogP contribution in [0, 0.1) is 0 Å². The SMILES string of the molecule is CC/C=C/C/C=C/CCCCCCCCCC(=O)OC(CCCCC/C=C/C=C/C=C/C=C/CCCCC)CC(=O)NC(CO)C(O)CCCCCCCCCCCCCCCCC. The number of rotatable bonds is 48. The number of aliphatic hydroxyl groups excluding tert-OH is 2. The normalized spacial score (nSPS) is 13.8. The molecular formula is C58H103NO5. The Labute approximate surface area is 396 Å². The molecule has 0 aliphatic carbocycles. The van der Waals surface area contributed by atoms with E-state index in [1.807, 2.05) is 6.08 Å². The van der Waals surface area contributed by atoms with Crippen LogP contribution in [0.5, 0.6) is 0 Å². The zero-order chi connectivity index (χ0) is 46.7. The van der Waals surface area contributed by atoms with Crippen molar-refractivity contribution >= 4 is 11.9 Å². The molecule has 3 N–H and O–H groups in total. The maximum Gasteiger partial charge on any atom is 0.306 e. The van der Waals surface area contributed by atoms with Crippen LogP contribution in [0.3, 0.4) is 0 Å². The van der Waals surface area contributed by atoms with Gasteiger partial charge in [0, 0.05) is 6.42 Å². The Morgan fingerprint density at radius 3 is 1.45 bits per heavy atom. The maximum absolute atomic E-state index is 13.2. The zero-order valence-electron chi connectivity index (χ0n) is 42.1. The molecule has 0 radical (unpaired) electrons. The molecule has 6 nitrogen and oxygen atoms in total. The first kappa shape index (κ1) is 61.3. The summed E-state index contributed by atoms with van der Waals surface area (Å²) in [5.41, 5.74) is 0. The van der Waals surface area contributed by atoms with E-state index in [1.54, 1.807) is 0 Å². The van der Waals surface area contributed by atoms with Crippen molar-refractivity contribution in [1.29, 1.82) is 0 Å². The summed E-state index contributed by atoms with van der Waals surface area (Å²) in [7, 11) is 0. The van der Waals surface area contributed by atoms with Crippen LogP contribution in [0.4, 0.5) is 0 Å². The Bertz CT molecular complexity index is 1190. The van der Waals surface area contributed by atoms with Gasteiger partial charge in [-0.15, -0.1) is 0 Å². The molecule has 0 aliphatic rings. The lowest BCUT2D eigenvalue weighted by Gasteiger charge is -2.24. The minimum atomic E-state index is -0.803. The molecule has 0 spiro atoms. The lowest BCUT2D eigenvalue weighted by molar-refractivity contribution is -0.151. The second-order valence-electron chi connectivity index (χ2n) is 18.3. The number of unbranched alkanes of at least 4 members (excludes halogenated alkanes) is 27. The summed E-state index contributed by atoms with van der Waals surface area (Å²) in [5, 5.41) is 23.8. The van der Waals surface area contributed by atoms with Crippen LogP contribution >= 0.6 is 0 Å². The molecule has 1 amide bonds. The van der Waals surface area contributed by atoms with Gasteiger partial charge >= 0.3 is 5.97 Å². The summed E-state index contributed by atoms with van der Waals surface area (Å²) in [5.74, 6) is -0.520. The molecule has 64 heavy (non-hydrogen) atoms. The van der Waals surface area contributed by atoms with E-state index in [4.69, 9.17) is 4.74 Å². The van der Waals surface area contributed by atoms with E-state index >= 15 is 0 Å². The number of esters is 1. The number of allylic oxidation sites excluding steroid dienone is 12. The summed E-state index contributed by atoms with van der Waals surface area (Å²) in [4.78, 5) is 26.2. The van der Waals surface area contributed by atoms with Gasteiger partial charge in [0.25, 0.3) is 0 Å². The highest BCUT2D eigenvalue weighted by atomic mass is 16.5. The number of amides is 1. The van der Waals surface area contributed by atoms with Crippen molar-refractivity contribution in [3.8, 4) is 0 Å². The molecule has 0 heterocycles. The molecule has 0 aromatic rings. The van der Waals surface area contributed by atoms with Crippen LogP contribution in [0.15, 0.2) is 72.9 Å². The molecule has 6 heteroatoms. The highest BCUT2D eigenvalue weighted by Gasteiger charge is 2.24. The van der Waals surface area contributed by atoms with E-state index in [0.717, 1.165) is 89.9 Å². The topological polar surface area (TPSA) is 95.9 Å². The largest absolute Gasteiger partial charge is 0.462 e. The highest BCUT2D eigenvalue weighted by Crippen LogP contribution is 2.18. The first-order valence-corrected chi connectivity index (χ1v) is 27.2. The van der Waals surface area contributed by atoms with Crippen LogP contribution in [0.2, 0.25) is 0 Å². The molecule has 0 fully saturated rings. The van der Waals surface area contributed by atoms with Gasteiger partial charge in [-0.2, -0.15) is 0 Å². The predicted octanol–water partition coefficient (Wildman–Crippen LogP) is 16.6. The average Bonchev–Trinajstić information content (AvgIpc) is 3.29. The first-order valence-electron chi connectivity index (χ1n) is 27.2. The highest BCUT2D eigenvalue weighted by molar-refractivity contribution is 5.77. The standard InChI is InChI=1S/C58H103NO5/c1-4-7-10-13-16-19-22-25-28-30-31-34-37-40-43-46-49-54(64-58(63)51-48-45-42-39-36-33-27-24-21-18-15-12-9-6-3)52-57(62)59-55(53-60)56(61)50-47-44-41-38-35-32-29-26-23-20-17-14-11-8-5-2/h9,12,16,18-19,21-22,25,28,30-31,34,54-56,60-61H,4-8,10-11,13-15,17,20,23-24,26-27,29,32-33,35-53H2,1-3H3,(H,59,62)/b12-9+,19-16+,21-18+,25-22+,30-28+,34-31+. The fraction of sp³-hybridized carbons (Fsp3) is 0.759. The molecule has 0 saturated heterocycles. The fourth-order valence-corrected chi connectivity index (χ4v) is 8.01. The van der Waals surface area contributed by atoms with E-state index in [-0.39, 0.29) is 24.9 Å². The van der Waals surface area contributed by atoms with Gasteiger partial charge in [0.2, 0.25) is 5.91 Å². The van der Waals surface area contributed by atoms with Crippen LogP contribution in [-0.4, -0.2) is 46.9 Å². The zero-order valence-corrected chi connectivity index (χ0v) is 42.1. The molecule has 0 aromatic heterocycles. The summed E-state index contributed by atoms with van der Waals surface area (Å²) < 4.78 is 5.93. The first-order chi connectivity index (χ1) is 31.5. The molecule has 370 valence electrons. The van der Waals surface area contributed by atoms with Crippen molar-refractivity contribution in [3.05, 3.63) is 72.9 Å². The van der Waals surface area contributed by atoms with Crippen LogP contribution in [-0.2, 0) is 14.3 Å². The number of ether oxygens (including phenoxy) is 1. The van der Waals surface area contributed by atoms with Gasteiger partial charge in [-0.1, -0.05) is 241 Å². The van der Waals surface area contributed by atoms with E-state index < -0.39 is 18.2 Å². The van der Waals surface area contributed by atoms with Gasteiger partial charge in [0.15, 0.2) is 0 Å². The molecule has 3 atom stereocenters. The van der Waals surface area contributed by atoms with Gasteiger partial charge in [-0.3, -0.25) is 9.59 Å². The summed E-state index contributed by atoms with van der Waals surface area (Å²) >= 11 is 0. The van der Waals surface area contributed by atoms with Crippen LogP contribution < -0.4 is 5.32 Å². The smallest absolute Gasteiger partial charge is 0.306 e. The van der Waals surface area contributed by atoms with Crippen molar-refractivity contribution in [2.45, 2.75) is 277 Å². The Balaban J connectivity index is 4.66. The average molecular weight is 894 g/mol. The minimum Gasteiger partial charge on any atom is -0.462 e. The summed E-state index contributed by atoms with van der Waals surface area (Å²) in [6.45, 7) is 6.34. The Kier molecular flexibility index (Phi) is 49.1. The third kappa shape index (κ3) is 45.9. The van der Waals surface area contributed by atoms with Crippen LogP contribution in [0.25, 0.3) is 0 Å². The number of hydrogen-bond donors (Lipinski definition) is 3. The minimum absolute atomic E-state index is 0.0463. The van der Waals surface area contributed by atoms with Gasteiger partial charge in [-0.25, -0.2) is 0 Å². The molecular weight excluding hydrogens is 791 g/mol. The molecule has 3 unspecified atom stereocenters. The third-order valence-corrected chi connectivity index (χ3v) is 12.1. The number of hydrogen-bond acceptors (Lipinski definition) is 5. The summed E-state index contributed by atoms with van der Waals surface area (Å²) in [6.07, 6.45) is 65.3. The molecule has 0 rings (SSSR count). The molecule has 0 aromatic carbocycles. The van der Waals surface area contributed by atoms with Crippen molar-refractivity contribution < 1.29 is 24.5 Å². The fourth-order valence-electron chi connectivity index (χ4n) is 8.01. The Morgan fingerprint density at radius 1 is 0.484 bits per heavy atom. The molecule has 0 bridgehead atoms. The second kappa shape index (κ2) is 51.3. The van der Waals surface area contributed by atoms with E-state index in [9.17, 15) is 19.8 Å². The van der Waals surface area contributed by atoms with Gasteiger partial charge in [0.05, 0.1) is 25.2 Å². The van der Waals surface area contributed by atoms with Crippen molar-refractivity contribution in [2.24, 2.45) is 0 Å². The maximum atomic E-state index is 13.2. The Hall–Kier alpha value is -2.70. The van der Waals surface area contributed by atoms with Gasteiger partial charge in [0.1, 0.15) is 6.10 Å². The van der Waals surface area contributed by atoms with Gasteiger partial charge < -0.3 is 20.3 Å². The monoisotopic (exact) mass is 894 g/mol.